The zero-order valence-electron chi connectivity index (χ0n) is 5.89. The van der Waals surface area contributed by atoms with E-state index in [0.29, 0.717) is 5.01 Å². The summed E-state index contributed by atoms with van der Waals surface area (Å²) in [5.74, 6) is -1.20. The van der Waals surface area contributed by atoms with Crippen LogP contribution in [0.2, 0.25) is 0 Å². The van der Waals surface area contributed by atoms with Crippen LogP contribution in [0.3, 0.4) is 0 Å². The average molecular weight is 170 g/mol. The van der Waals surface area contributed by atoms with Gasteiger partial charge < -0.3 is 10.2 Å². The Kier molecular flexibility index (Phi) is 2.00. The van der Waals surface area contributed by atoms with Gasteiger partial charge in [-0.15, -0.1) is 0 Å². The summed E-state index contributed by atoms with van der Waals surface area (Å²) in [5.41, 5.74) is 1.98. The number of hydrazine groups is 1. The lowest BCUT2D eigenvalue weighted by Crippen LogP contribution is -2.40. The van der Waals surface area contributed by atoms with Crippen LogP contribution in [0.5, 0.6) is 0 Å². The van der Waals surface area contributed by atoms with Gasteiger partial charge in [0.2, 0.25) is 0 Å². The Morgan fingerprint density at radius 3 is 2.58 bits per heavy atom. The van der Waals surface area contributed by atoms with E-state index in [1.807, 2.05) is 0 Å². The van der Waals surface area contributed by atoms with Crippen LogP contribution in [0.1, 0.15) is 0 Å². The number of hydrogen-bond acceptors (Lipinski definition) is 3. The second kappa shape index (κ2) is 2.95. The number of nitrogens with one attached hydrogen (secondary N) is 1. The Bertz CT molecular complexity index is 281. The molecule has 0 fully saturated rings. The first-order chi connectivity index (χ1) is 5.61. The minimum absolute atomic E-state index is 0.181. The van der Waals surface area contributed by atoms with Gasteiger partial charge in [0.15, 0.2) is 0 Å². The molecule has 0 aromatic rings. The second-order valence-electron chi connectivity index (χ2n) is 1.99. The molecule has 1 heterocycles. The summed E-state index contributed by atoms with van der Waals surface area (Å²) in [5, 5.41) is 17.5. The predicted molar refractivity (Wildman–Crippen MR) is 37.9 cm³/mol. The van der Waals surface area contributed by atoms with Crippen molar-refractivity contribution in [2.75, 3.05) is 0 Å². The van der Waals surface area contributed by atoms with Crippen LogP contribution < -0.4 is 5.43 Å². The zero-order chi connectivity index (χ0) is 9.14. The summed E-state index contributed by atoms with van der Waals surface area (Å²) in [4.78, 5) is 20.7. The molecule has 0 unspecified atom stereocenters. The Hall–Kier alpha value is -1.98. The van der Waals surface area contributed by atoms with Crippen LogP contribution in [-0.2, 0) is 4.79 Å². The van der Waals surface area contributed by atoms with Crippen molar-refractivity contribution in [3.05, 3.63) is 24.0 Å². The number of rotatable bonds is 1. The molecule has 1 aliphatic heterocycles. The second-order valence-corrected chi connectivity index (χ2v) is 1.99. The number of allylic oxidation sites excluding steroid dienone is 2. The van der Waals surface area contributed by atoms with Crippen molar-refractivity contribution < 1.29 is 19.8 Å². The largest absolute Gasteiger partial charge is 0.477 e. The number of carboxylic acid groups (broad SMARTS) is 2. The summed E-state index contributed by atoms with van der Waals surface area (Å²) in [7, 11) is 0. The highest BCUT2D eigenvalue weighted by Crippen LogP contribution is 2.01. The molecule has 1 aliphatic rings. The highest BCUT2D eigenvalue weighted by Gasteiger charge is 2.16. The number of carbonyl (C=O) groups is 2. The molecule has 12 heavy (non-hydrogen) atoms. The summed E-state index contributed by atoms with van der Waals surface area (Å²) in [6, 6.07) is 0. The lowest BCUT2D eigenvalue weighted by molar-refractivity contribution is -0.133. The predicted octanol–water partition coefficient (Wildman–Crippen LogP) is -0.0332. The third kappa shape index (κ3) is 1.54. The van der Waals surface area contributed by atoms with Crippen molar-refractivity contribution in [2.45, 2.75) is 0 Å². The molecule has 6 nitrogen and oxygen atoms in total. The first-order valence-electron chi connectivity index (χ1n) is 3.02. The average Bonchev–Trinajstić information content (AvgIpc) is 2.04. The molecule has 64 valence electrons. The molecule has 0 aliphatic carbocycles. The number of carboxylic acids is 1. The summed E-state index contributed by atoms with van der Waals surface area (Å²) >= 11 is 0. The zero-order valence-corrected chi connectivity index (χ0v) is 5.89. The fourth-order valence-electron chi connectivity index (χ4n) is 0.660. The summed E-state index contributed by atoms with van der Waals surface area (Å²) < 4.78 is 0. The fraction of sp³-hybridized carbons (Fsp3) is 0. The molecular formula is C6H6N2O4. The monoisotopic (exact) mass is 170 g/mol. The standard InChI is InChI=1S/C6H6N2O4/c9-5(10)4-2-1-3-8(7-4)6(11)12/h1-3,7H,(H,9,10)(H,11,12). The lowest BCUT2D eigenvalue weighted by Gasteiger charge is -2.19. The van der Waals surface area contributed by atoms with Gasteiger partial charge in [-0.1, -0.05) is 0 Å². The van der Waals surface area contributed by atoms with Crippen molar-refractivity contribution in [2.24, 2.45) is 0 Å². The quantitative estimate of drug-likeness (QED) is 0.514. The summed E-state index contributed by atoms with van der Waals surface area (Å²) in [6.07, 6.45) is 2.53. The summed E-state index contributed by atoms with van der Waals surface area (Å²) in [6.45, 7) is 0. The van der Waals surface area contributed by atoms with Crippen molar-refractivity contribution in [1.29, 1.82) is 0 Å². The molecule has 1 rings (SSSR count). The van der Waals surface area contributed by atoms with E-state index in [-0.39, 0.29) is 5.70 Å². The van der Waals surface area contributed by atoms with Gasteiger partial charge in [0.05, 0.1) is 0 Å². The van der Waals surface area contributed by atoms with Crippen LogP contribution in [0.25, 0.3) is 0 Å². The fourth-order valence-corrected chi connectivity index (χ4v) is 0.660. The molecule has 0 radical (unpaired) electrons. The maximum Gasteiger partial charge on any atom is 0.430 e. The van der Waals surface area contributed by atoms with Crippen LogP contribution in [0.15, 0.2) is 24.0 Å². The van der Waals surface area contributed by atoms with Crippen molar-refractivity contribution >= 4 is 12.1 Å². The van der Waals surface area contributed by atoms with E-state index in [1.54, 1.807) is 0 Å². The van der Waals surface area contributed by atoms with E-state index >= 15 is 0 Å². The number of aliphatic carboxylic acids is 1. The Balaban J connectivity index is 2.74. The van der Waals surface area contributed by atoms with Gasteiger partial charge >= 0.3 is 12.1 Å². The lowest BCUT2D eigenvalue weighted by atomic mass is 10.3. The number of nitrogens with zero attached hydrogens (tertiary/aromatic N) is 1. The minimum Gasteiger partial charge on any atom is -0.477 e. The molecule has 1 amide bonds. The van der Waals surface area contributed by atoms with Gasteiger partial charge in [-0.3, -0.25) is 5.43 Å². The van der Waals surface area contributed by atoms with Crippen LogP contribution in [0.4, 0.5) is 4.79 Å². The minimum atomic E-state index is -1.27. The van der Waals surface area contributed by atoms with E-state index in [1.165, 1.54) is 18.4 Å². The Morgan fingerprint density at radius 1 is 1.42 bits per heavy atom. The first-order valence-corrected chi connectivity index (χ1v) is 3.02. The molecule has 0 aromatic carbocycles. The number of hydrogen-bond donors (Lipinski definition) is 3. The van der Waals surface area contributed by atoms with Gasteiger partial charge in [0.25, 0.3) is 0 Å². The van der Waals surface area contributed by atoms with Crippen molar-refractivity contribution in [3.63, 3.8) is 0 Å². The highest BCUT2D eigenvalue weighted by atomic mass is 16.4. The van der Waals surface area contributed by atoms with Gasteiger partial charge in [-0.25, -0.2) is 9.59 Å². The molecule has 3 N–H and O–H groups in total. The molecule has 0 atom stereocenters. The molecule has 0 spiro atoms. The highest BCUT2D eigenvalue weighted by molar-refractivity contribution is 5.87. The topological polar surface area (TPSA) is 89.9 Å². The van der Waals surface area contributed by atoms with Crippen LogP contribution >= 0.6 is 0 Å². The SMILES string of the molecule is O=C(O)C1=CC=CN(C(=O)O)N1. The van der Waals surface area contributed by atoms with Gasteiger partial charge in [0, 0.05) is 6.20 Å². The maximum absolute atomic E-state index is 10.3. The van der Waals surface area contributed by atoms with E-state index < -0.39 is 12.1 Å². The van der Waals surface area contributed by atoms with Gasteiger partial charge in [-0.05, 0) is 12.2 Å². The number of amides is 1. The molecule has 0 aromatic heterocycles. The third-order valence-corrected chi connectivity index (χ3v) is 1.18. The van der Waals surface area contributed by atoms with Crippen LogP contribution in [0, 0.1) is 0 Å². The van der Waals surface area contributed by atoms with E-state index in [9.17, 15) is 9.59 Å². The van der Waals surface area contributed by atoms with Crippen molar-refractivity contribution in [1.82, 2.24) is 10.4 Å². The first kappa shape index (κ1) is 8.12. The molecular weight excluding hydrogens is 164 g/mol. The molecule has 0 saturated heterocycles. The molecule has 6 heteroatoms. The van der Waals surface area contributed by atoms with E-state index in [2.05, 4.69) is 5.43 Å². The maximum atomic E-state index is 10.3. The molecule has 0 saturated carbocycles. The van der Waals surface area contributed by atoms with Crippen LogP contribution in [-0.4, -0.2) is 27.3 Å². The third-order valence-electron chi connectivity index (χ3n) is 1.18. The Labute approximate surface area is 67.4 Å². The smallest absolute Gasteiger partial charge is 0.430 e. The van der Waals surface area contributed by atoms with Crippen molar-refractivity contribution in [3.8, 4) is 0 Å². The van der Waals surface area contributed by atoms with Gasteiger partial charge in [0.1, 0.15) is 5.70 Å². The molecule has 0 bridgehead atoms. The van der Waals surface area contributed by atoms with E-state index in [0.717, 1.165) is 0 Å². The Morgan fingerprint density at radius 2 is 2.08 bits per heavy atom. The van der Waals surface area contributed by atoms with Gasteiger partial charge in [-0.2, -0.15) is 5.01 Å². The normalized spacial score (nSPS) is 15.0. The van der Waals surface area contributed by atoms with E-state index in [4.69, 9.17) is 10.2 Å².